The van der Waals surface area contributed by atoms with E-state index in [0.29, 0.717) is 38.4 Å². The van der Waals surface area contributed by atoms with E-state index in [-0.39, 0.29) is 11.6 Å². The molecule has 1 spiro atoms. The first-order valence-corrected chi connectivity index (χ1v) is 11.1. The number of ether oxygens (including phenoxy) is 1. The Morgan fingerprint density at radius 2 is 1.97 bits per heavy atom. The number of benzene rings is 1. The number of hydrogen-bond acceptors (Lipinski definition) is 5. The zero-order valence-electron chi connectivity index (χ0n) is 18.3. The maximum atomic E-state index is 13.3. The number of imide groups is 1. The molecule has 2 N–H and O–H groups in total. The van der Waals surface area contributed by atoms with Gasteiger partial charge < -0.3 is 20.3 Å². The summed E-state index contributed by atoms with van der Waals surface area (Å²) in [4.78, 5) is 41.1. The van der Waals surface area contributed by atoms with E-state index in [4.69, 9.17) is 4.74 Å². The van der Waals surface area contributed by atoms with E-state index in [1.54, 1.807) is 0 Å². The van der Waals surface area contributed by atoms with Gasteiger partial charge in [-0.2, -0.15) is 13.2 Å². The lowest BCUT2D eigenvalue weighted by atomic mass is 9.73. The van der Waals surface area contributed by atoms with Crippen LogP contribution in [-0.2, 0) is 20.5 Å². The van der Waals surface area contributed by atoms with Crippen LogP contribution in [0.15, 0.2) is 18.2 Å². The number of amides is 4. The Kier molecular flexibility index (Phi) is 6.26. The van der Waals surface area contributed by atoms with Crippen LogP contribution < -0.4 is 15.5 Å². The molecule has 1 aliphatic carbocycles. The van der Waals surface area contributed by atoms with Gasteiger partial charge in [-0.05, 0) is 37.0 Å². The van der Waals surface area contributed by atoms with Crippen molar-refractivity contribution in [2.45, 2.75) is 44.3 Å². The van der Waals surface area contributed by atoms with Gasteiger partial charge in [-0.1, -0.05) is 19.8 Å². The van der Waals surface area contributed by atoms with Crippen molar-refractivity contribution in [2.24, 2.45) is 5.92 Å². The summed E-state index contributed by atoms with van der Waals surface area (Å²) in [5.41, 5.74) is -1.51. The molecule has 2 heterocycles. The topological polar surface area (TPSA) is 91.0 Å². The van der Waals surface area contributed by atoms with Crippen molar-refractivity contribution in [3.63, 3.8) is 0 Å². The summed E-state index contributed by atoms with van der Waals surface area (Å²) < 4.78 is 45.2. The Balaban J connectivity index is 1.54. The summed E-state index contributed by atoms with van der Waals surface area (Å²) in [6.07, 6.45) is -1.53. The van der Waals surface area contributed by atoms with Crippen LogP contribution in [0, 0.1) is 5.92 Å². The van der Waals surface area contributed by atoms with Crippen LogP contribution in [0.5, 0.6) is 0 Å². The number of hydrogen-bond donors (Lipinski definition) is 2. The van der Waals surface area contributed by atoms with Crippen LogP contribution in [0.1, 0.15) is 38.2 Å². The zero-order valence-corrected chi connectivity index (χ0v) is 18.3. The van der Waals surface area contributed by atoms with Crippen LogP contribution in [0.4, 0.5) is 29.3 Å². The minimum absolute atomic E-state index is 0.0236. The van der Waals surface area contributed by atoms with Gasteiger partial charge in [0.15, 0.2) is 0 Å². The van der Waals surface area contributed by atoms with Gasteiger partial charge in [-0.25, -0.2) is 4.79 Å². The maximum absolute atomic E-state index is 13.3. The summed E-state index contributed by atoms with van der Waals surface area (Å²) in [6, 6.07) is 2.50. The fourth-order valence-electron chi connectivity index (χ4n) is 4.86. The standard InChI is InChI=1S/C22H27F3N4O4/c1-14-4-2-3-7-21(14)19(31)29(20(32)27-21)13-18(30)26-16-12-15(22(23,24)25)5-6-17(16)28-8-10-33-11-9-28/h5-6,12,14H,2-4,7-11,13H2,1H3,(H,26,30)(H,27,32)/t14-,21-/m0/s1. The molecule has 2 aliphatic heterocycles. The number of alkyl halides is 3. The lowest BCUT2D eigenvalue weighted by molar-refractivity contribution is -0.137. The molecule has 33 heavy (non-hydrogen) atoms. The summed E-state index contributed by atoms with van der Waals surface area (Å²) in [5.74, 6) is -1.26. The van der Waals surface area contributed by atoms with E-state index in [2.05, 4.69) is 10.6 Å². The highest BCUT2D eigenvalue weighted by molar-refractivity contribution is 6.10. The summed E-state index contributed by atoms with van der Waals surface area (Å²) in [6.45, 7) is 3.08. The number of halogens is 3. The normalized spacial score (nSPS) is 26.0. The van der Waals surface area contributed by atoms with E-state index >= 15 is 0 Å². The van der Waals surface area contributed by atoms with Crippen molar-refractivity contribution < 1.29 is 32.3 Å². The predicted molar refractivity (Wildman–Crippen MR) is 114 cm³/mol. The van der Waals surface area contributed by atoms with Crippen molar-refractivity contribution in [3.05, 3.63) is 23.8 Å². The molecular weight excluding hydrogens is 441 g/mol. The molecule has 1 saturated carbocycles. The van der Waals surface area contributed by atoms with Gasteiger partial charge in [0.05, 0.1) is 30.2 Å². The molecule has 4 rings (SSSR count). The largest absolute Gasteiger partial charge is 0.416 e. The van der Waals surface area contributed by atoms with E-state index in [1.807, 2.05) is 11.8 Å². The number of anilines is 2. The highest BCUT2D eigenvalue weighted by Gasteiger charge is 2.55. The second-order valence-corrected chi connectivity index (χ2v) is 8.82. The lowest BCUT2D eigenvalue weighted by Gasteiger charge is -2.36. The Morgan fingerprint density at radius 1 is 1.24 bits per heavy atom. The summed E-state index contributed by atoms with van der Waals surface area (Å²) in [7, 11) is 0. The number of nitrogens with zero attached hydrogens (tertiary/aromatic N) is 2. The van der Waals surface area contributed by atoms with Crippen molar-refractivity contribution in [1.29, 1.82) is 0 Å². The molecule has 0 unspecified atom stereocenters. The zero-order chi connectivity index (χ0) is 23.8. The Labute approximate surface area is 189 Å². The van der Waals surface area contributed by atoms with E-state index in [9.17, 15) is 27.6 Å². The average molecular weight is 468 g/mol. The third-order valence-electron chi connectivity index (χ3n) is 6.75. The molecule has 2 saturated heterocycles. The predicted octanol–water partition coefficient (Wildman–Crippen LogP) is 2.98. The molecule has 2 atom stereocenters. The quantitative estimate of drug-likeness (QED) is 0.663. The Bertz CT molecular complexity index is 948. The number of nitrogens with one attached hydrogen (secondary N) is 2. The molecule has 1 aromatic carbocycles. The molecule has 0 radical (unpaired) electrons. The van der Waals surface area contributed by atoms with Gasteiger partial charge in [0.25, 0.3) is 5.91 Å². The molecule has 180 valence electrons. The van der Waals surface area contributed by atoms with Gasteiger partial charge >= 0.3 is 12.2 Å². The molecule has 0 bridgehead atoms. The first-order chi connectivity index (χ1) is 15.6. The van der Waals surface area contributed by atoms with Crippen molar-refractivity contribution in [2.75, 3.05) is 43.1 Å². The third-order valence-corrected chi connectivity index (χ3v) is 6.75. The second-order valence-electron chi connectivity index (χ2n) is 8.82. The number of morpholine rings is 1. The molecule has 1 aromatic rings. The molecule has 3 aliphatic rings. The molecule has 4 amide bonds. The minimum Gasteiger partial charge on any atom is -0.378 e. The van der Waals surface area contributed by atoms with Gasteiger partial charge in [-0.3, -0.25) is 14.5 Å². The fraction of sp³-hybridized carbons (Fsp3) is 0.591. The van der Waals surface area contributed by atoms with E-state index < -0.39 is 41.7 Å². The van der Waals surface area contributed by atoms with Gasteiger partial charge in [0, 0.05) is 13.1 Å². The maximum Gasteiger partial charge on any atom is 0.416 e. The SMILES string of the molecule is C[C@H]1CCCC[C@]12NC(=O)N(CC(=O)Nc1cc(C(F)(F)F)ccc1N1CCOCC1)C2=O. The second kappa shape index (κ2) is 8.85. The number of carbonyl (C=O) groups is 3. The van der Waals surface area contributed by atoms with E-state index in [0.717, 1.165) is 36.3 Å². The van der Waals surface area contributed by atoms with Crippen molar-refractivity contribution in [3.8, 4) is 0 Å². The van der Waals surface area contributed by atoms with Crippen molar-refractivity contribution >= 4 is 29.2 Å². The Hall–Kier alpha value is -2.82. The van der Waals surface area contributed by atoms with Gasteiger partial charge in [0.2, 0.25) is 5.91 Å². The number of urea groups is 1. The summed E-state index contributed by atoms with van der Waals surface area (Å²) >= 11 is 0. The first kappa shape index (κ1) is 23.3. The van der Waals surface area contributed by atoms with Gasteiger partial charge in [-0.15, -0.1) is 0 Å². The number of carbonyl (C=O) groups excluding carboxylic acids is 3. The van der Waals surface area contributed by atoms with Crippen LogP contribution in [0.25, 0.3) is 0 Å². The minimum atomic E-state index is -4.59. The highest BCUT2D eigenvalue weighted by atomic mass is 19.4. The molecule has 0 aromatic heterocycles. The molecule has 3 fully saturated rings. The van der Waals surface area contributed by atoms with Crippen molar-refractivity contribution in [1.82, 2.24) is 10.2 Å². The fourth-order valence-corrected chi connectivity index (χ4v) is 4.86. The van der Waals surface area contributed by atoms with Crippen LogP contribution >= 0.6 is 0 Å². The molecular formula is C22H27F3N4O4. The van der Waals surface area contributed by atoms with Gasteiger partial charge in [0.1, 0.15) is 12.1 Å². The monoisotopic (exact) mass is 468 g/mol. The Morgan fingerprint density at radius 3 is 2.64 bits per heavy atom. The highest BCUT2D eigenvalue weighted by Crippen LogP contribution is 2.39. The van der Waals surface area contributed by atoms with Crippen LogP contribution in [0.3, 0.4) is 0 Å². The molecule has 8 nitrogen and oxygen atoms in total. The average Bonchev–Trinajstić information content (AvgIpc) is 3.00. The lowest BCUT2D eigenvalue weighted by Crippen LogP contribution is -2.54. The van der Waals surface area contributed by atoms with Crippen LogP contribution in [-0.4, -0.2) is 61.1 Å². The summed E-state index contributed by atoms with van der Waals surface area (Å²) in [5, 5.41) is 5.26. The molecule has 11 heteroatoms. The first-order valence-electron chi connectivity index (χ1n) is 11.1. The number of rotatable bonds is 4. The van der Waals surface area contributed by atoms with E-state index in [1.165, 1.54) is 6.07 Å². The third kappa shape index (κ3) is 4.50. The van der Waals surface area contributed by atoms with Crippen LogP contribution in [0.2, 0.25) is 0 Å². The smallest absolute Gasteiger partial charge is 0.378 e.